The number of aliphatic hydroxyl groups excluding tert-OH is 2. The molecule has 198 valence electrons. The van der Waals surface area contributed by atoms with Crippen molar-refractivity contribution in [3.8, 4) is 0 Å². The van der Waals surface area contributed by atoms with E-state index < -0.39 is 52.6 Å². The van der Waals surface area contributed by atoms with Gasteiger partial charge >= 0.3 is 11.9 Å². The first-order valence-electron chi connectivity index (χ1n) is 12.6. The van der Waals surface area contributed by atoms with Crippen molar-refractivity contribution >= 4 is 29.5 Å². The summed E-state index contributed by atoms with van der Waals surface area (Å²) in [5.41, 5.74) is -0.598. The van der Waals surface area contributed by atoms with E-state index in [4.69, 9.17) is 14.2 Å². The molecule has 1 aliphatic heterocycles. The maximum absolute atomic E-state index is 13.9. The summed E-state index contributed by atoms with van der Waals surface area (Å²) in [6, 6.07) is 0. The number of cyclic esters (lactones) is 1. The predicted octanol–water partition coefficient (Wildman–Crippen LogP) is 3.79. The van der Waals surface area contributed by atoms with E-state index in [2.05, 4.69) is 6.92 Å². The lowest BCUT2D eigenvalue weighted by molar-refractivity contribution is -0.160. The third-order valence-corrected chi connectivity index (χ3v) is 9.40. The highest BCUT2D eigenvalue weighted by Crippen LogP contribution is 2.63. The summed E-state index contributed by atoms with van der Waals surface area (Å²) in [4.78, 5) is 39.2. The van der Waals surface area contributed by atoms with Crippen molar-refractivity contribution in [2.45, 2.75) is 78.1 Å². The molecule has 6 atom stereocenters. The lowest BCUT2D eigenvalue weighted by atomic mass is 9.53. The van der Waals surface area contributed by atoms with Crippen LogP contribution in [0.3, 0.4) is 0 Å². The Morgan fingerprint density at radius 1 is 1.28 bits per heavy atom. The first-order valence-corrected chi connectivity index (χ1v) is 13.7. The largest absolute Gasteiger partial charge is 0.504 e. The summed E-state index contributed by atoms with van der Waals surface area (Å²) in [5.74, 6) is -1.75. The normalized spacial score (nSPS) is 37.0. The molecule has 4 aliphatic rings. The number of ketones is 1. The molecule has 0 radical (unpaired) electrons. The van der Waals surface area contributed by atoms with Gasteiger partial charge in [-0.1, -0.05) is 20.3 Å². The van der Waals surface area contributed by atoms with Crippen LogP contribution >= 0.6 is 11.8 Å². The zero-order valence-electron chi connectivity index (χ0n) is 21.6. The molecule has 3 aliphatic carbocycles. The number of hydrogen-bond acceptors (Lipinski definition) is 9. The quantitative estimate of drug-likeness (QED) is 0.294. The Hall–Kier alpha value is -2.10. The molecular weight excluding hydrogens is 484 g/mol. The van der Waals surface area contributed by atoms with Crippen molar-refractivity contribution in [1.82, 2.24) is 0 Å². The highest BCUT2D eigenvalue weighted by atomic mass is 32.2. The van der Waals surface area contributed by atoms with Crippen LogP contribution in [0.4, 0.5) is 0 Å². The van der Waals surface area contributed by atoms with Crippen molar-refractivity contribution in [2.75, 3.05) is 19.5 Å². The number of allylic oxidation sites excluding steroid dienone is 1. The van der Waals surface area contributed by atoms with Gasteiger partial charge in [-0.3, -0.25) is 9.59 Å². The van der Waals surface area contributed by atoms with Gasteiger partial charge in [0.05, 0.1) is 23.7 Å². The number of methoxy groups -OCH3 is 1. The van der Waals surface area contributed by atoms with E-state index in [-0.39, 0.29) is 23.7 Å². The minimum absolute atomic E-state index is 0.0254. The van der Waals surface area contributed by atoms with Gasteiger partial charge in [0.15, 0.2) is 5.76 Å². The first-order chi connectivity index (χ1) is 17.0. The number of aliphatic hydroxyl groups is 2. The highest BCUT2D eigenvalue weighted by Gasteiger charge is 2.64. The summed E-state index contributed by atoms with van der Waals surface area (Å²) in [5, 5.41) is 24.0. The number of unbranched alkanes of at least 4 members (excludes halogenated alkanes) is 1. The molecule has 0 bridgehead atoms. The third kappa shape index (κ3) is 4.03. The van der Waals surface area contributed by atoms with E-state index in [0.29, 0.717) is 30.4 Å². The Morgan fingerprint density at radius 2 is 2.00 bits per heavy atom. The summed E-state index contributed by atoms with van der Waals surface area (Å²) < 4.78 is 17.1. The SMILES string of the molecule is CCCCS/C=C1/C(=O)OC(COC)C2(C)C1=C(O)C(=O)C1=C2C(OC(C)=O)CC2(C)C(O)CCC12. The van der Waals surface area contributed by atoms with Crippen LogP contribution in [0.2, 0.25) is 0 Å². The average Bonchev–Trinajstić information content (AvgIpc) is 3.10. The molecule has 1 saturated heterocycles. The van der Waals surface area contributed by atoms with Gasteiger partial charge in [-0.2, -0.15) is 0 Å². The van der Waals surface area contributed by atoms with Gasteiger partial charge in [0.2, 0.25) is 5.78 Å². The van der Waals surface area contributed by atoms with Gasteiger partial charge in [0.25, 0.3) is 0 Å². The Kier molecular flexibility index (Phi) is 7.48. The molecule has 36 heavy (non-hydrogen) atoms. The molecule has 1 heterocycles. The average molecular weight is 521 g/mol. The number of rotatable bonds is 7. The summed E-state index contributed by atoms with van der Waals surface area (Å²) in [6.45, 7) is 7.14. The monoisotopic (exact) mass is 520 g/mol. The number of hydrogen-bond donors (Lipinski definition) is 2. The molecule has 2 fully saturated rings. The van der Waals surface area contributed by atoms with Crippen LogP contribution in [0.25, 0.3) is 0 Å². The van der Waals surface area contributed by atoms with Crippen molar-refractivity contribution in [2.24, 2.45) is 16.7 Å². The van der Waals surface area contributed by atoms with Crippen LogP contribution in [-0.2, 0) is 28.6 Å². The van der Waals surface area contributed by atoms with Gasteiger partial charge in [0.1, 0.15) is 12.2 Å². The predicted molar refractivity (Wildman–Crippen MR) is 134 cm³/mol. The maximum Gasteiger partial charge on any atom is 0.339 e. The molecule has 1 saturated carbocycles. The van der Waals surface area contributed by atoms with E-state index in [0.717, 1.165) is 18.6 Å². The second kappa shape index (κ2) is 9.99. The van der Waals surface area contributed by atoms with Gasteiger partial charge in [-0.25, -0.2) is 4.79 Å². The van der Waals surface area contributed by atoms with Gasteiger partial charge in [-0.15, -0.1) is 11.8 Å². The number of ether oxygens (including phenoxy) is 3. The number of thioether (sulfide) groups is 1. The third-order valence-electron chi connectivity index (χ3n) is 8.47. The van der Waals surface area contributed by atoms with Crippen molar-refractivity contribution < 1.29 is 38.8 Å². The zero-order valence-corrected chi connectivity index (χ0v) is 22.4. The zero-order chi connectivity index (χ0) is 26.4. The lowest BCUT2D eigenvalue weighted by Gasteiger charge is -2.54. The molecule has 2 N–H and O–H groups in total. The second-order valence-corrected chi connectivity index (χ2v) is 11.6. The van der Waals surface area contributed by atoms with Gasteiger partial charge in [-0.05, 0) is 55.3 Å². The van der Waals surface area contributed by atoms with Crippen LogP contribution in [0.5, 0.6) is 0 Å². The standard InChI is InChI=1S/C27H36O8S/c1-6-7-10-36-13-15-21-24(31)23(30)20-16-8-9-18(29)26(16,3)11-17(34-14(2)28)22(20)27(21,4)19(12-33-5)35-25(15)32/h13,16-19,29,31H,6-12H2,1-5H3/b15-13+. The molecule has 0 aromatic carbocycles. The summed E-state index contributed by atoms with van der Waals surface area (Å²) in [6.07, 6.45) is 0.986. The Labute approximate surface area is 216 Å². The fourth-order valence-electron chi connectivity index (χ4n) is 6.63. The lowest BCUT2D eigenvalue weighted by Crippen LogP contribution is -2.57. The van der Waals surface area contributed by atoms with Crippen LogP contribution in [0.1, 0.15) is 59.8 Å². The molecule has 0 amide bonds. The van der Waals surface area contributed by atoms with Crippen LogP contribution in [0.15, 0.2) is 33.5 Å². The number of fused-ring (bicyclic) bond motifs is 4. The summed E-state index contributed by atoms with van der Waals surface area (Å²) >= 11 is 1.43. The number of Topliss-reactive ketones (excluding diaryl/α,β-unsaturated/α-hetero) is 1. The number of esters is 2. The van der Waals surface area contributed by atoms with Crippen molar-refractivity contribution in [3.63, 3.8) is 0 Å². The fraction of sp³-hybridized carbons (Fsp3) is 0.667. The topological polar surface area (TPSA) is 119 Å². The molecular formula is C27H36O8S. The summed E-state index contributed by atoms with van der Waals surface area (Å²) in [7, 11) is 1.49. The minimum Gasteiger partial charge on any atom is -0.504 e. The molecule has 4 rings (SSSR count). The Balaban J connectivity index is 1.95. The van der Waals surface area contributed by atoms with E-state index in [1.165, 1.54) is 25.8 Å². The smallest absolute Gasteiger partial charge is 0.339 e. The molecule has 8 nitrogen and oxygen atoms in total. The van der Waals surface area contributed by atoms with E-state index in [1.54, 1.807) is 5.41 Å². The molecule has 0 spiro atoms. The van der Waals surface area contributed by atoms with Gasteiger partial charge in [0, 0.05) is 30.6 Å². The van der Waals surface area contributed by atoms with Crippen LogP contribution in [-0.4, -0.2) is 65.7 Å². The molecule has 0 aromatic rings. The van der Waals surface area contributed by atoms with Crippen LogP contribution in [0, 0.1) is 16.7 Å². The van der Waals surface area contributed by atoms with E-state index >= 15 is 0 Å². The van der Waals surface area contributed by atoms with E-state index in [9.17, 15) is 24.6 Å². The second-order valence-electron chi connectivity index (χ2n) is 10.6. The van der Waals surface area contributed by atoms with Crippen LogP contribution < -0.4 is 0 Å². The minimum atomic E-state index is -1.16. The molecule has 9 heteroatoms. The first kappa shape index (κ1) is 26.9. The fourth-order valence-corrected chi connectivity index (χ4v) is 7.59. The van der Waals surface area contributed by atoms with E-state index in [1.807, 2.05) is 13.8 Å². The Bertz CT molecular complexity index is 1060. The Morgan fingerprint density at radius 3 is 2.64 bits per heavy atom. The maximum atomic E-state index is 13.9. The van der Waals surface area contributed by atoms with Gasteiger partial charge < -0.3 is 24.4 Å². The highest BCUT2D eigenvalue weighted by molar-refractivity contribution is 8.02. The van der Waals surface area contributed by atoms with Crippen molar-refractivity contribution in [3.05, 3.63) is 33.5 Å². The van der Waals surface area contributed by atoms with Crippen molar-refractivity contribution in [1.29, 1.82) is 0 Å². The number of carbonyl (C=O) groups is 3. The number of carbonyl (C=O) groups excluding carboxylic acids is 3. The molecule has 6 unspecified atom stereocenters. The molecule has 0 aromatic heterocycles.